The van der Waals surface area contributed by atoms with Crippen LogP contribution in [0.4, 0.5) is 0 Å². The van der Waals surface area contributed by atoms with Crippen LogP contribution in [0, 0.1) is 5.92 Å². The molecule has 1 aliphatic rings. The predicted molar refractivity (Wildman–Crippen MR) is 57.8 cm³/mol. The summed E-state index contributed by atoms with van der Waals surface area (Å²) in [5, 5.41) is 0. The molecule has 0 bridgehead atoms. The second-order valence-corrected chi connectivity index (χ2v) is 4.67. The first-order valence-electron chi connectivity index (χ1n) is 5.59. The van der Waals surface area contributed by atoms with E-state index in [-0.39, 0.29) is 11.9 Å². The Labute approximate surface area is 86.6 Å². The van der Waals surface area contributed by atoms with Gasteiger partial charge in [0.2, 0.25) is 5.91 Å². The third-order valence-corrected chi connectivity index (χ3v) is 3.13. The van der Waals surface area contributed by atoms with Crippen LogP contribution in [0.15, 0.2) is 0 Å². The Morgan fingerprint density at radius 1 is 1.43 bits per heavy atom. The van der Waals surface area contributed by atoms with Crippen molar-refractivity contribution in [2.24, 2.45) is 11.7 Å². The van der Waals surface area contributed by atoms with Gasteiger partial charge in [0.05, 0.1) is 6.04 Å². The van der Waals surface area contributed by atoms with Crippen molar-refractivity contribution in [2.45, 2.75) is 52.1 Å². The van der Waals surface area contributed by atoms with Gasteiger partial charge in [-0.3, -0.25) is 9.69 Å². The topological polar surface area (TPSA) is 46.3 Å². The summed E-state index contributed by atoms with van der Waals surface area (Å²) in [4.78, 5) is 13.6. The van der Waals surface area contributed by atoms with Crippen molar-refractivity contribution in [2.75, 3.05) is 6.54 Å². The third-order valence-electron chi connectivity index (χ3n) is 3.13. The van der Waals surface area contributed by atoms with Gasteiger partial charge in [0.1, 0.15) is 0 Å². The molecule has 82 valence electrons. The molecular formula is C11H22N2O. The molecule has 0 radical (unpaired) electrons. The molecule has 3 nitrogen and oxygen atoms in total. The van der Waals surface area contributed by atoms with Crippen molar-refractivity contribution < 1.29 is 4.79 Å². The Kier molecular flexibility index (Phi) is 3.93. The fourth-order valence-corrected chi connectivity index (χ4v) is 2.41. The molecule has 0 aromatic carbocycles. The number of amides is 1. The van der Waals surface area contributed by atoms with E-state index in [2.05, 4.69) is 25.7 Å². The van der Waals surface area contributed by atoms with Crippen LogP contribution in [-0.4, -0.2) is 29.4 Å². The standard InChI is InChI=1S/C11H22N2O/c1-8(2)10(11(12)14)13-7-5-4-6-9(13)3/h8-10H,4-7H2,1-3H3,(H2,12,14). The van der Waals surface area contributed by atoms with Crippen molar-refractivity contribution >= 4 is 5.91 Å². The molecule has 0 aromatic rings. The number of hydrogen-bond donors (Lipinski definition) is 1. The maximum absolute atomic E-state index is 11.4. The molecule has 2 atom stereocenters. The number of carbonyl (C=O) groups excluding carboxylic acids is 1. The average Bonchev–Trinajstić information content (AvgIpc) is 2.07. The molecule has 1 heterocycles. The normalized spacial score (nSPS) is 26.4. The predicted octanol–water partition coefficient (Wildman–Crippen LogP) is 1.37. The summed E-state index contributed by atoms with van der Waals surface area (Å²) in [5.41, 5.74) is 5.45. The van der Waals surface area contributed by atoms with Gasteiger partial charge >= 0.3 is 0 Å². The van der Waals surface area contributed by atoms with Gasteiger partial charge in [-0.25, -0.2) is 0 Å². The Balaban J connectivity index is 2.70. The SMILES string of the molecule is CC(C)C(C(N)=O)N1CCCCC1C. The van der Waals surface area contributed by atoms with Gasteiger partial charge in [-0.05, 0) is 32.2 Å². The molecule has 1 rings (SSSR count). The number of rotatable bonds is 3. The zero-order chi connectivity index (χ0) is 10.7. The summed E-state index contributed by atoms with van der Waals surface area (Å²) in [6, 6.07) is 0.425. The molecule has 1 amide bonds. The number of likely N-dealkylation sites (tertiary alicyclic amines) is 1. The van der Waals surface area contributed by atoms with Crippen LogP contribution in [0.3, 0.4) is 0 Å². The van der Waals surface area contributed by atoms with Gasteiger partial charge in [-0.2, -0.15) is 0 Å². The van der Waals surface area contributed by atoms with E-state index in [4.69, 9.17) is 5.73 Å². The summed E-state index contributed by atoms with van der Waals surface area (Å²) in [7, 11) is 0. The first kappa shape index (κ1) is 11.5. The van der Waals surface area contributed by atoms with E-state index in [1.165, 1.54) is 19.3 Å². The highest BCUT2D eigenvalue weighted by Gasteiger charge is 2.31. The lowest BCUT2D eigenvalue weighted by atomic mass is 9.95. The number of nitrogens with zero attached hydrogens (tertiary/aromatic N) is 1. The van der Waals surface area contributed by atoms with Gasteiger partial charge in [-0.15, -0.1) is 0 Å². The molecule has 0 aromatic heterocycles. The van der Waals surface area contributed by atoms with E-state index in [9.17, 15) is 4.79 Å². The lowest BCUT2D eigenvalue weighted by Crippen LogP contribution is -2.53. The number of carbonyl (C=O) groups is 1. The maximum Gasteiger partial charge on any atom is 0.235 e. The van der Waals surface area contributed by atoms with E-state index in [0.717, 1.165) is 6.54 Å². The molecule has 1 fully saturated rings. The van der Waals surface area contributed by atoms with Crippen LogP contribution in [-0.2, 0) is 4.79 Å². The maximum atomic E-state index is 11.4. The van der Waals surface area contributed by atoms with Crippen molar-refractivity contribution in [1.29, 1.82) is 0 Å². The highest BCUT2D eigenvalue weighted by atomic mass is 16.1. The van der Waals surface area contributed by atoms with Crippen LogP contribution >= 0.6 is 0 Å². The fourth-order valence-electron chi connectivity index (χ4n) is 2.41. The molecule has 1 aliphatic heterocycles. The average molecular weight is 198 g/mol. The summed E-state index contributed by atoms with van der Waals surface area (Å²) >= 11 is 0. The van der Waals surface area contributed by atoms with E-state index < -0.39 is 0 Å². The van der Waals surface area contributed by atoms with Crippen LogP contribution in [0.2, 0.25) is 0 Å². The Morgan fingerprint density at radius 2 is 2.07 bits per heavy atom. The quantitative estimate of drug-likeness (QED) is 0.744. The van der Waals surface area contributed by atoms with Gasteiger partial charge < -0.3 is 5.73 Å². The molecular weight excluding hydrogens is 176 g/mol. The first-order chi connectivity index (χ1) is 6.54. The van der Waals surface area contributed by atoms with Gasteiger partial charge in [-0.1, -0.05) is 20.3 Å². The summed E-state index contributed by atoms with van der Waals surface area (Å²) in [6.45, 7) is 7.35. The summed E-state index contributed by atoms with van der Waals surface area (Å²) in [6.07, 6.45) is 3.67. The van der Waals surface area contributed by atoms with Crippen LogP contribution in [0.1, 0.15) is 40.0 Å². The molecule has 2 unspecified atom stereocenters. The number of nitrogens with two attached hydrogens (primary N) is 1. The van der Waals surface area contributed by atoms with Gasteiger partial charge in [0.25, 0.3) is 0 Å². The Bertz CT molecular complexity index is 203. The zero-order valence-electron chi connectivity index (χ0n) is 9.49. The van der Waals surface area contributed by atoms with E-state index >= 15 is 0 Å². The molecule has 2 N–H and O–H groups in total. The van der Waals surface area contributed by atoms with Crippen molar-refractivity contribution in [3.05, 3.63) is 0 Å². The molecule has 0 saturated carbocycles. The summed E-state index contributed by atoms with van der Waals surface area (Å²) < 4.78 is 0. The van der Waals surface area contributed by atoms with Crippen LogP contribution < -0.4 is 5.73 Å². The number of primary amides is 1. The van der Waals surface area contributed by atoms with Crippen LogP contribution in [0.25, 0.3) is 0 Å². The first-order valence-corrected chi connectivity index (χ1v) is 5.59. The van der Waals surface area contributed by atoms with E-state index in [1.807, 2.05) is 0 Å². The number of hydrogen-bond acceptors (Lipinski definition) is 2. The van der Waals surface area contributed by atoms with Crippen molar-refractivity contribution in [1.82, 2.24) is 4.90 Å². The van der Waals surface area contributed by atoms with E-state index in [0.29, 0.717) is 12.0 Å². The lowest BCUT2D eigenvalue weighted by molar-refractivity contribution is -0.126. The smallest absolute Gasteiger partial charge is 0.235 e. The lowest BCUT2D eigenvalue weighted by Gasteiger charge is -2.39. The number of piperidine rings is 1. The molecule has 0 aliphatic carbocycles. The highest BCUT2D eigenvalue weighted by Crippen LogP contribution is 2.22. The van der Waals surface area contributed by atoms with Crippen molar-refractivity contribution in [3.63, 3.8) is 0 Å². The minimum absolute atomic E-state index is 0.0784. The highest BCUT2D eigenvalue weighted by molar-refractivity contribution is 5.80. The van der Waals surface area contributed by atoms with E-state index in [1.54, 1.807) is 0 Å². The minimum atomic E-state index is -0.172. The summed E-state index contributed by atoms with van der Waals surface area (Å²) in [5.74, 6) is 0.141. The minimum Gasteiger partial charge on any atom is -0.368 e. The largest absolute Gasteiger partial charge is 0.368 e. The van der Waals surface area contributed by atoms with Crippen molar-refractivity contribution in [3.8, 4) is 0 Å². The zero-order valence-corrected chi connectivity index (χ0v) is 9.49. The van der Waals surface area contributed by atoms with Gasteiger partial charge in [0.15, 0.2) is 0 Å². The van der Waals surface area contributed by atoms with Gasteiger partial charge in [0, 0.05) is 6.04 Å². The second kappa shape index (κ2) is 4.78. The molecule has 3 heteroatoms. The third kappa shape index (κ3) is 2.47. The van der Waals surface area contributed by atoms with Crippen LogP contribution in [0.5, 0.6) is 0 Å². The molecule has 14 heavy (non-hydrogen) atoms. The fraction of sp³-hybridized carbons (Fsp3) is 0.909. The second-order valence-electron chi connectivity index (χ2n) is 4.67. The Morgan fingerprint density at radius 3 is 2.50 bits per heavy atom. The molecule has 0 spiro atoms. The Hall–Kier alpha value is -0.570. The monoisotopic (exact) mass is 198 g/mol. The molecule has 1 saturated heterocycles.